The number of amides is 2. The zero-order valence-corrected chi connectivity index (χ0v) is 22.2. The molecular weight excluding hydrogens is 505 g/mol. The number of carbonyl (C=O) groups is 2. The fourth-order valence-electron chi connectivity index (χ4n) is 5.49. The summed E-state index contributed by atoms with van der Waals surface area (Å²) in [6.45, 7) is 7.69. The topological polar surface area (TPSA) is 115 Å². The Labute approximate surface area is 219 Å². The monoisotopic (exact) mass is 540 g/mol. The number of ether oxygens (including phenoxy) is 3. The van der Waals surface area contributed by atoms with Gasteiger partial charge in [-0.05, 0) is 58.6 Å². The molecule has 1 aromatic rings. The van der Waals surface area contributed by atoms with Gasteiger partial charge in [0.2, 0.25) is 11.8 Å². The lowest BCUT2D eigenvalue weighted by Crippen LogP contribution is -2.55. The highest BCUT2D eigenvalue weighted by Gasteiger charge is 2.52. The number of rotatable bonds is 8. The molecule has 0 saturated heterocycles. The lowest BCUT2D eigenvalue weighted by Gasteiger charge is -2.38. The van der Waals surface area contributed by atoms with Crippen molar-refractivity contribution in [3.8, 4) is 11.5 Å². The van der Waals surface area contributed by atoms with E-state index in [-0.39, 0.29) is 47.8 Å². The number of alkyl halides is 3. The van der Waals surface area contributed by atoms with Crippen molar-refractivity contribution in [2.75, 3.05) is 13.7 Å². The van der Waals surface area contributed by atoms with Gasteiger partial charge >= 0.3 is 6.36 Å². The predicted molar refractivity (Wildman–Crippen MR) is 132 cm³/mol. The van der Waals surface area contributed by atoms with Gasteiger partial charge < -0.3 is 25.3 Å². The van der Waals surface area contributed by atoms with Gasteiger partial charge in [0.25, 0.3) is 0 Å². The maximum atomic E-state index is 13.4. The van der Waals surface area contributed by atoms with Crippen molar-refractivity contribution >= 4 is 17.8 Å². The molecule has 0 spiro atoms. The van der Waals surface area contributed by atoms with Crippen molar-refractivity contribution in [2.24, 2.45) is 22.6 Å². The van der Waals surface area contributed by atoms with Crippen LogP contribution in [0.5, 0.6) is 11.5 Å². The quantitative estimate of drug-likeness (QED) is 0.520. The van der Waals surface area contributed by atoms with Crippen LogP contribution < -0.4 is 20.5 Å². The molecule has 210 valence electrons. The average molecular weight is 541 g/mol. The van der Waals surface area contributed by atoms with Crippen LogP contribution >= 0.6 is 0 Å². The number of guanidine groups is 1. The molecule has 0 radical (unpaired) electrons. The summed E-state index contributed by atoms with van der Waals surface area (Å²) in [4.78, 5) is 32.4. The van der Waals surface area contributed by atoms with Gasteiger partial charge in [-0.3, -0.25) is 14.5 Å². The Morgan fingerprint density at radius 1 is 1.32 bits per heavy atom. The van der Waals surface area contributed by atoms with Gasteiger partial charge in [0.1, 0.15) is 17.1 Å². The normalized spacial score (nSPS) is 26.5. The first-order chi connectivity index (χ1) is 17.6. The highest BCUT2D eigenvalue weighted by molar-refractivity contribution is 5.99. The average Bonchev–Trinajstić information content (AvgIpc) is 3.53. The van der Waals surface area contributed by atoms with E-state index in [9.17, 15) is 22.8 Å². The molecule has 3 aliphatic rings. The van der Waals surface area contributed by atoms with Crippen molar-refractivity contribution in [1.29, 1.82) is 0 Å². The van der Waals surface area contributed by atoms with E-state index in [1.165, 1.54) is 23.1 Å². The van der Waals surface area contributed by atoms with E-state index in [2.05, 4.69) is 15.0 Å². The van der Waals surface area contributed by atoms with Crippen molar-refractivity contribution in [3.05, 3.63) is 23.8 Å². The molecule has 3 N–H and O–H groups in total. The van der Waals surface area contributed by atoms with E-state index in [0.717, 1.165) is 0 Å². The molecule has 2 heterocycles. The molecule has 0 bridgehead atoms. The highest BCUT2D eigenvalue weighted by Crippen LogP contribution is 2.47. The number of methoxy groups -OCH3 is 1. The van der Waals surface area contributed by atoms with Gasteiger partial charge in [0.05, 0.1) is 18.0 Å². The Morgan fingerprint density at radius 3 is 2.66 bits per heavy atom. The van der Waals surface area contributed by atoms with E-state index in [1.54, 1.807) is 21.0 Å². The smallest absolute Gasteiger partial charge is 0.487 e. The van der Waals surface area contributed by atoms with E-state index in [1.807, 2.05) is 13.8 Å². The third kappa shape index (κ3) is 6.33. The van der Waals surface area contributed by atoms with Crippen molar-refractivity contribution < 1.29 is 37.0 Å². The second kappa shape index (κ2) is 9.94. The summed E-state index contributed by atoms with van der Waals surface area (Å²) >= 11 is 0. The standard InChI is InChI=1S/C26H35F3N4O5/c1-24(2)13-21(34)33(23(30)32-24)19(8-9-36-5)16-11-17(16)22(35)31-18-12-25(3,4)38-20-10-14(6-7-15(18)20)37-26(27,28)29/h6-7,10,16-19H,8-9,11-13H2,1-5H3,(H2,30,32)(H,31,35)/t16?,17?,18?,19-/m1/s1. The number of nitrogens with zero attached hydrogens (tertiary/aromatic N) is 2. The van der Waals surface area contributed by atoms with Crippen molar-refractivity contribution in [3.63, 3.8) is 0 Å². The Kier molecular flexibility index (Phi) is 7.32. The van der Waals surface area contributed by atoms with E-state index < -0.39 is 29.3 Å². The SMILES string of the molecule is COCC[C@H](C1CC1C(=O)NC1CC(C)(C)Oc2cc(OC(F)(F)F)ccc21)N1C(=O)CC(C)(C)N=C1N. The van der Waals surface area contributed by atoms with E-state index in [0.29, 0.717) is 31.4 Å². The Bertz CT molecular complexity index is 1120. The van der Waals surface area contributed by atoms with Gasteiger partial charge in [-0.2, -0.15) is 0 Å². The number of hydrogen-bond donors (Lipinski definition) is 2. The van der Waals surface area contributed by atoms with Gasteiger partial charge in [-0.15, -0.1) is 13.2 Å². The van der Waals surface area contributed by atoms with E-state index >= 15 is 0 Å². The molecule has 3 unspecified atom stereocenters. The third-order valence-corrected chi connectivity index (χ3v) is 7.13. The number of halogens is 3. The zero-order chi connectivity index (χ0) is 28.0. The molecule has 1 aromatic carbocycles. The summed E-state index contributed by atoms with van der Waals surface area (Å²) in [6, 6.07) is 3.07. The van der Waals surface area contributed by atoms with Crippen LogP contribution in [-0.4, -0.2) is 59.9 Å². The Hall–Kier alpha value is -3.02. The number of nitrogens with one attached hydrogen (secondary N) is 1. The molecule has 2 amide bonds. The molecule has 1 aliphatic carbocycles. The molecule has 4 atom stereocenters. The van der Waals surface area contributed by atoms with Crippen LogP contribution in [0.1, 0.15) is 65.0 Å². The fourth-order valence-corrected chi connectivity index (χ4v) is 5.49. The summed E-state index contributed by atoms with van der Waals surface area (Å²) in [7, 11) is 1.57. The van der Waals surface area contributed by atoms with Crippen molar-refractivity contribution in [1.82, 2.24) is 10.2 Å². The first-order valence-electron chi connectivity index (χ1n) is 12.6. The number of nitrogens with two attached hydrogens (primary N) is 1. The minimum Gasteiger partial charge on any atom is -0.487 e. The Balaban J connectivity index is 1.50. The maximum absolute atomic E-state index is 13.4. The molecule has 0 aromatic heterocycles. The molecule has 38 heavy (non-hydrogen) atoms. The summed E-state index contributed by atoms with van der Waals surface area (Å²) in [5.41, 5.74) is 5.46. The lowest BCUT2D eigenvalue weighted by atomic mass is 9.89. The second-order valence-electron chi connectivity index (χ2n) is 11.5. The van der Waals surface area contributed by atoms with Crippen molar-refractivity contribution in [2.45, 2.75) is 83.0 Å². The van der Waals surface area contributed by atoms with Gasteiger partial charge in [0, 0.05) is 43.7 Å². The Morgan fingerprint density at radius 2 is 2.03 bits per heavy atom. The molecule has 2 aliphatic heterocycles. The molecule has 9 nitrogen and oxygen atoms in total. The highest BCUT2D eigenvalue weighted by atomic mass is 19.4. The van der Waals surface area contributed by atoms with Crippen LogP contribution in [0.25, 0.3) is 0 Å². The van der Waals surface area contributed by atoms with Gasteiger partial charge in [-0.25, -0.2) is 4.99 Å². The summed E-state index contributed by atoms with van der Waals surface area (Å²) in [6.07, 6.45) is -3.11. The lowest BCUT2D eigenvalue weighted by molar-refractivity contribution is -0.274. The van der Waals surface area contributed by atoms with Crippen LogP contribution in [-0.2, 0) is 14.3 Å². The van der Waals surface area contributed by atoms with Crippen LogP contribution in [0.15, 0.2) is 23.2 Å². The van der Waals surface area contributed by atoms with Gasteiger partial charge in [0.15, 0.2) is 5.96 Å². The number of carbonyl (C=O) groups excluding carboxylic acids is 2. The number of hydrogen-bond acceptors (Lipinski definition) is 7. The molecule has 12 heteroatoms. The molecule has 1 fully saturated rings. The minimum absolute atomic E-state index is 0.126. The minimum atomic E-state index is -4.83. The second-order valence-corrected chi connectivity index (χ2v) is 11.5. The first kappa shape index (κ1) is 28.0. The number of fused-ring (bicyclic) bond motifs is 1. The van der Waals surface area contributed by atoms with Crippen LogP contribution in [0.4, 0.5) is 13.2 Å². The van der Waals surface area contributed by atoms with E-state index in [4.69, 9.17) is 15.2 Å². The summed E-state index contributed by atoms with van der Waals surface area (Å²) in [5, 5.41) is 3.06. The van der Waals surface area contributed by atoms with Crippen LogP contribution in [0.3, 0.4) is 0 Å². The zero-order valence-electron chi connectivity index (χ0n) is 22.2. The van der Waals surface area contributed by atoms with Crippen LogP contribution in [0.2, 0.25) is 0 Å². The van der Waals surface area contributed by atoms with Crippen LogP contribution in [0, 0.1) is 11.8 Å². The number of aliphatic imine (C=N–C) groups is 1. The third-order valence-electron chi connectivity index (χ3n) is 7.13. The summed E-state index contributed by atoms with van der Waals surface area (Å²) in [5.74, 6) is -0.822. The molecule has 4 rings (SSSR count). The molecular formula is C26H35F3N4O5. The maximum Gasteiger partial charge on any atom is 0.573 e. The summed E-state index contributed by atoms with van der Waals surface area (Å²) < 4.78 is 53.3. The predicted octanol–water partition coefficient (Wildman–Crippen LogP) is 3.67. The fraction of sp³-hybridized carbons (Fsp3) is 0.654. The largest absolute Gasteiger partial charge is 0.573 e. The molecule has 1 saturated carbocycles. The number of benzene rings is 1. The van der Waals surface area contributed by atoms with Gasteiger partial charge in [-0.1, -0.05) is 0 Å². The first-order valence-corrected chi connectivity index (χ1v) is 12.6.